The molecule has 1 amide bonds. The monoisotopic (exact) mass is 252 g/mol. The molecule has 3 N–H and O–H groups in total. The molecular weight excluding hydrogens is 232 g/mol. The van der Waals surface area contributed by atoms with E-state index in [2.05, 4.69) is 10.2 Å². The summed E-state index contributed by atoms with van der Waals surface area (Å²) in [5.41, 5.74) is 1.29. The molecule has 0 heterocycles. The minimum absolute atomic E-state index is 0.458. The molecule has 1 aromatic carbocycles. The van der Waals surface area contributed by atoms with Crippen molar-refractivity contribution in [3.63, 3.8) is 0 Å². The average Bonchev–Trinajstić information content (AvgIpc) is 2.25. The third-order valence-electron chi connectivity index (χ3n) is 2.11. The van der Waals surface area contributed by atoms with Crippen LogP contribution >= 0.6 is 0 Å². The molecule has 0 aromatic heterocycles. The molecule has 1 rings (SSSR count). The van der Waals surface area contributed by atoms with Crippen molar-refractivity contribution in [2.45, 2.75) is 32.8 Å². The Kier molecular flexibility index (Phi) is 5.12. The summed E-state index contributed by atoms with van der Waals surface area (Å²) in [6.45, 7) is 5.94. The Balaban J connectivity index is 2.50. The number of carbonyl (C=O) groups excluding carboxylic acids is 1. The van der Waals surface area contributed by atoms with Gasteiger partial charge >= 0.3 is 6.09 Å². The van der Waals surface area contributed by atoms with Gasteiger partial charge in [-0.15, -0.1) is 0 Å². The number of ether oxygens (including phenoxy) is 1. The number of hydrogen-bond donors (Lipinski definition) is 2. The zero-order valence-electron chi connectivity index (χ0n) is 11.0. The fraction of sp³-hybridized carbons (Fsp3) is 0.462. The van der Waals surface area contributed by atoms with Crippen molar-refractivity contribution in [3.05, 3.63) is 29.8 Å². The van der Waals surface area contributed by atoms with Crippen LogP contribution in [0.2, 0.25) is 0 Å². The maximum absolute atomic E-state index is 11.5. The number of nitrogens with two attached hydrogens (primary N) is 1. The summed E-state index contributed by atoms with van der Waals surface area (Å²) in [4.78, 5) is 16.0. The van der Waals surface area contributed by atoms with Gasteiger partial charge in [0.1, 0.15) is 5.60 Å². The van der Waals surface area contributed by atoms with Crippen LogP contribution in [0.5, 0.6) is 0 Å². The second-order valence-electron chi connectivity index (χ2n) is 4.94. The topological polar surface area (TPSA) is 73.6 Å². The van der Waals surface area contributed by atoms with E-state index in [0.29, 0.717) is 12.3 Å². The molecule has 0 aliphatic carbocycles. The smallest absolute Gasteiger partial charge is 0.412 e. The van der Waals surface area contributed by atoms with Crippen LogP contribution < -0.4 is 11.2 Å². The molecule has 0 fully saturated rings. The minimum atomic E-state index is -0.498. The molecule has 0 saturated heterocycles. The molecule has 5 nitrogen and oxygen atoms in total. The SMILES string of the molecule is CC(C)(C)OC(=O)Nc1ccc(CCON)cc1. The van der Waals surface area contributed by atoms with E-state index in [9.17, 15) is 4.79 Å². The maximum Gasteiger partial charge on any atom is 0.412 e. The quantitative estimate of drug-likeness (QED) is 0.807. The summed E-state index contributed by atoms with van der Waals surface area (Å²) in [6, 6.07) is 7.45. The first-order valence-electron chi connectivity index (χ1n) is 5.81. The van der Waals surface area contributed by atoms with E-state index in [-0.39, 0.29) is 0 Å². The highest BCUT2D eigenvalue weighted by Crippen LogP contribution is 2.13. The summed E-state index contributed by atoms with van der Waals surface area (Å²) >= 11 is 0. The zero-order chi connectivity index (χ0) is 13.6. The van der Waals surface area contributed by atoms with Crippen LogP contribution in [0, 0.1) is 0 Å². The average molecular weight is 252 g/mol. The van der Waals surface area contributed by atoms with Gasteiger partial charge in [-0.2, -0.15) is 0 Å². The second-order valence-corrected chi connectivity index (χ2v) is 4.94. The number of amides is 1. The minimum Gasteiger partial charge on any atom is -0.444 e. The van der Waals surface area contributed by atoms with Crippen LogP contribution in [-0.2, 0) is 16.0 Å². The molecule has 0 spiro atoms. The molecule has 0 aliphatic rings. The van der Waals surface area contributed by atoms with E-state index in [1.54, 1.807) is 0 Å². The van der Waals surface area contributed by atoms with Crippen molar-refractivity contribution >= 4 is 11.8 Å². The first kappa shape index (κ1) is 14.5. The van der Waals surface area contributed by atoms with E-state index < -0.39 is 11.7 Å². The van der Waals surface area contributed by atoms with Crippen LogP contribution in [0.3, 0.4) is 0 Å². The normalized spacial score (nSPS) is 11.1. The third-order valence-corrected chi connectivity index (χ3v) is 2.11. The Labute approximate surface area is 107 Å². The zero-order valence-corrected chi connectivity index (χ0v) is 11.0. The molecule has 5 heteroatoms. The molecule has 0 bridgehead atoms. The number of carbonyl (C=O) groups is 1. The van der Waals surface area contributed by atoms with Crippen molar-refractivity contribution in [1.29, 1.82) is 0 Å². The Hall–Kier alpha value is -1.59. The predicted octanol–water partition coefficient (Wildman–Crippen LogP) is 2.47. The van der Waals surface area contributed by atoms with Gasteiger partial charge in [-0.05, 0) is 44.9 Å². The predicted molar refractivity (Wildman–Crippen MR) is 70.1 cm³/mol. The van der Waals surface area contributed by atoms with Crippen molar-refractivity contribution in [2.75, 3.05) is 11.9 Å². The van der Waals surface area contributed by atoms with Gasteiger partial charge in [0.05, 0.1) is 6.61 Å². The lowest BCUT2D eigenvalue weighted by molar-refractivity contribution is 0.0636. The second kappa shape index (κ2) is 6.37. The number of rotatable bonds is 4. The lowest BCUT2D eigenvalue weighted by Gasteiger charge is -2.19. The van der Waals surface area contributed by atoms with Crippen LogP contribution in [0.1, 0.15) is 26.3 Å². The standard InChI is InChI=1S/C13H20N2O3/c1-13(2,3)18-12(16)15-11-6-4-10(5-7-11)8-9-17-14/h4-7H,8-9,14H2,1-3H3,(H,15,16). The summed E-state index contributed by atoms with van der Waals surface area (Å²) in [5.74, 6) is 4.96. The van der Waals surface area contributed by atoms with E-state index in [1.807, 2.05) is 45.0 Å². The highest BCUT2D eigenvalue weighted by Gasteiger charge is 2.15. The summed E-state index contributed by atoms with van der Waals surface area (Å²) in [7, 11) is 0. The molecule has 0 atom stereocenters. The third kappa shape index (κ3) is 5.65. The molecule has 0 unspecified atom stereocenters. The van der Waals surface area contributed by atoms with Crippen LogP contribution in [-0.4, -0.2) is 18.3 Å². The summed E-state index contributed by atoms with van der Waals surface area (Å²) in [6.07, 6.45) is 0.281. The van der Waals surface area contributed by atoms with Gasteiger partial charge in [0.2, 0.25) is 0 Å². The highest BCUT2D eigenvalue weighted by atomic mass is 16.6. The fourth-order valence-corrected chi connectivity index (χ4v) is 1.35. The molecule has 18 heavy (non-hydrogen) atoms. The molecule has 0 radical (unpaired) electrons. The Morgan fingerprint density at radius 1 is 1.28 bits per heavy atom. The molecule has 1 aromatic rings. The lowest BCUT2D eigenvalue weighted by Crippen LogP contribution is -2.27. The summed E-state index contributed by atoms with van der Waals surface area (Å²) < 4.78 is 5.15. The van der Waals surface area contributed by atoms with Gasteiger partial charge in [0.15, 0.2) is 0 Å². The Bertz CT molecular complexity index is 382. The Morgan fingerprint density at radius 2 is 1.89 bits per heavy atom. The molecule has 100 valence electrons. The van der Waals surface area contributed by atoms with Gasteiger partial charge in [-0.25, -0.2) is 10.7 Å². The van der Waals surface area contributed by atoms with Crippen LogP contribution in [0.4, 0.5) is 10.5 Å². The van der Waals surface area contributed by atoms with E-state index in [0.717, 1.165) is 12.0 Å². The van der Waals surface area contributed by atoms with Crippen molar-refractivity contribution in [3.8, 4) is 0 Å². The molecular formula is C13H20N2O3. The van der Waals surface area contributed by atoms with E-state index in [1.165, 1.54) is 0 Å². The van der Waals surface area contributed by atoms with Crippen molar-refractivity contribution < 1.29 is 14.4 Å². The fourth-order valence-electron chi connectivity index (χ4n) is 1.35. The highest BCUT2D eigenvalue weighted by molar-refractivity contribution is 5.84. The van der Waals surface area contributed by atoms with Crippen molar-refractivity contribution in [1.82, 2.24) is 0 Å². The molecule has 0 saturated carbocycles. The van der Waals surface area contributed by atoms with Gasteiger partial charge in [-0.1, -0.05) is 12.1 Å². The Morgan fingerprint density at radius 3 is 2.39 bits per heavy atom. The van der Waals surface area contributed by atoms with Crippen LogP contribution in [0.15, 0.2) is 24.3 Å². The van der Waals surface area contributed by atoms with E-state index in [4.69, 9.17) is 10.6 Å². The number of benzene rings is 1. The largest absolute Gasteiger partial charge is 0.444 e. The van der Waals surface area contributed by atoms with E-state index >= 15 is 0 Å². The first-order valence-corrected chi connectivity index (χ1v) is 5.81. The lowest BCUT2D eigenvalue weighted by atomic mass is 10.1. The van der Waals surface area contributed by atoms with Gasteiger partial charge in [0, 0.05) is 5.69 Å². The van der Waals surface area contributed by atoms with Gasteiger partial charge in [-0.3, -0.25) is 5.32 Å². The first-order chi connectivity index (χ1) is 8.40. The van der Waals surface area contributed by atoms with Crippen molar-refractivity contribution in [2.24, 2.45) is 5.90 Å². The van der Waals surface area contributed by atoms with Crippen LogP contribution in [0.25, 0.3) is 0 Å². The molecule has 0 aliphatic heterocycles. The van der Waals surface area contributed by atoms with Gasteiger partial charge < -0.3 is 9.57 Å². The number of anilines is 1. The maximum atomic E-state index is 11.5. The number of nitrogens with one attached hydrogen (secondary N) is 1. The summed E-state index contributed by atoms with van der Waals surface area (Å²) in [5, 5.41) is 2.66. The van der Waals surface area contributed by atoms with Gasteiger partial charge in [0.25, 0.3) is 0 Å². The number of hydrogen-bond acceptors (Lipinski definition) is 4.